The highest BCUT2D eigenvalue weighted by Gasteiger charge is 2.33. The topological polar surface area (TPSA) is 88.2 Å². The summed E-state index contributed by atoms with van der Waals surface area (Å²) in [6.07, 6.45) is -0.684. The minimum absolute atomic E-state index is 0.136. The number of carbonyl (C=O) groups is 3. The maximum absolute atomic E-state index is 12.9. The van der Waals surface area contributed by atoms with E-state index >= 15 is 0 Å². The maximum atomic E-state index is 12.9. The van der Waals surface area contributed by atoms with Crippen LogP contribution in [0.3, 0.4) is 0 Å². The number of ether oxygens (including phenoxy) is 2. The molecule has 30 heavy (non-hydrogen) atoms. The molecule has 0 spiro atoms. The summed E-state index contributed by atoms with van der Waals surface area (Å²) in [6.45, 7) is 3.45. The Hall–Kier alpha value is -3.55. The molecule has 3 amide bonds. The van der Waals surface area contributed by atoms with Crippen LogP contribution in [0.25, 0.3) is 0 Å². The third-order valence-corrected chi connectivity index (χ3v) is 4.82. The summed E-state index contributed by atoms with van der Waals surface area (Å²) in [5.41, 5.74) is 1.07. The molecule has 2 aromatic carbocycles. The SMILES string of the molecule is CCN(CC(=O)Nc1ccccc1OC)C(=O)CN1C(=O)C(C)Oc2ccccc21. The van der Waals surface area contributed by atoms with Crippen molar-refractivity contribution in [3.63, 3.8) is 0 Å². The van der Waals surface area contributed by atoms with Crippen LogP contribution >= 0.6 is 0 Å². The van der Waals surface area contributed by atoms with Gasteiger partial charge in [-0.1, -0.05) is 24.3 Å². The normalized spacial score (nSPS) is 15.1. The van der Waals surface area contributed by atoms with Crippen molar-refractivity contribution >= 4 is 29.1 Å². The van der Waals surface area contributed by atoms with Crippen molar-refractivity contribution in [1.82, 2.24) is 4.90 Å². The van der Waals surface area contributed by atoms with E-state index in [1.54, 1.807) is 56.3 Å². The zero-order chi connectivity index (χ0) is 21.7. The van der Waals surface area contributed by atoms with Gasteiger partial charge in [0.15, 0.2) is 6.10 Å². The van der Waals surface area contributed by atoms with Crippen molar-refractivity contribution in [2.75, 3.05) is 37.0 Å². The molecule has 0 bridgehead atoms. The van der Waals surface area contributed by atoms with Gasteiger partial charge in [0.25, 0.3) is 5.91 Å². The molecule has 1 aliphatic rings. The van der Waals surface area contributed by atoms with Gasteiger partial charge in [-0.2, -0.15) is 0 Å². The van der Waals surface area contributed by atoms with Crippen LogP contribution in [0.15, 0.2) is 48.5 Å². The van der Waals surface area contributed by atoms with Crippen LogP contribution in [0.4, 0.5) is 11.4 Å². The second kappa shape index (κ2) is 9.30. The van der Waals surface area contributed by atoms with E-state index in [2.05, 4.69) is 5.32 Å². The fourth-order valence-electron chi connectivity index (χ4n) is 3.24. The van der Waals surface area contributed by atoms with E-state index in [9.17, 15) is 14.4 Å². The van der Waals surface area contributed by atoms with Gasteiger partial charge < -0.3 is 19.7 Å². The first kappa shape index (κ1) is 21.2. The number of likely N-dealkylation sites (N-methyl/N-ethyl adjacent to an activating group) is 1. The molecule has 3 rings (SSSR count). The smallest absolute Gasteiger partial charge is 0.268 e. The molecule has 2 aromatic rings. The van der Waals surface area contributed by atoms with Gasteiger partial charge in [-0.05, 0) is 38.1 Å². The Bertz CT molecular complexity index is 946. The lowest BCUT2D eigenvalue weighted by Gasteiger charge is -2.33. The minimum Gasteiger partial charge on any atom is -0.495 e. The molecule has 0 saturated carbocycles. The maximum Gasteiger partial charge on any atom is 0.268 e. The Balaban J connectivity index is 1.69. The first-order chi connectivity index (χ1) is 14.4. The molecule has 158 valence electrons. The molecule has 8 nitrogen and oxygen atoms in total. The molecule has 1 heterocycles. The summed E-state index contributed by atoms with van der Waals surface area (Å²) in [7, 11) is 1.52. The number of carbonyl (C=O) groups excluding carboxylic acids is 3. The highest BCUT2D eigenvalue weighted by molar-refractivity contribution is 6.04. The largest absolute Gasteiger partial charge is 0.495 e. The molecule has 0 saturated heterocycles. The number of hydrogen-bond acceptors (Lipinski definition) is 5. The van der Waals surface area contributed by atoms with E-state index in [0.29, 0.717) is 29.4 Å². The Labute approximate surface area is 175 Å². The lowest BCUT2D eigenvalue weighted by molar-refractivity contribution is -0.135. The summed E-state index contributed by atoms with van der Waals surface area (Å²) in [4.78, 5) is 40.8. The lowest BCUT2D eigenvalue weighted by Crippen LogP contribution is -2.50. The molecule has 1 aliphatic heterocycles. The molecule has 1 unspecified atom stereocenters. The van der Waals surface area contributed by atoms with Gasteiger partial charge >= 0.3 is 0 Å². The standard InChI is InChI=1S/C22H25N3O5/c1-4-24(13-20(26)23-16-9-5-7-11-18(16)29-3)21(27)14-25-17-10-6-8-12-19(17)30-15(2)22(25)28/h5-12,15H,4,13-14H2,1-3H3,(H,23,26). The van der Waals surface area contributed by atoms with E-state index in [0.717, 1.165) is 0 Å². The number of nitrogens with zero attached hydrogens (tertiary/aromatic N) is 2. The summed E-state index contributed by atoms with van der Waals surface area (Å²) in [6, 6.07) is 14.1. The van der Waals surface area contributed by atoms with E-state index in [1.807, 2.05) is 6.07 Å². The number of fused-ring (bicyclic) bond motifs is 1. The highest BCUT2D eigenvalue weighted by Crippen LogP contribution is 2.33. The van der Waals surface area contributed by atoms with E-state index < -0.39 is 6.10 Å². The van der Waals surface area contributed by atoms with Crippen LogP contribution in [0.1, 0.15) is 13.8 Å². The van der Waals surface area contributed by atoms with Crippen molar-refractivity contribution in [3.05, 3.63) is 48.5 Å². The Morgan fingerprint density at radius 2 is 1.87 bits per heavy atom. The van der Waals surface area contributed by atoms with Crippen LogP contribution in [-0.2, 0) is 14.4 Å². The Morgan fingerprint density at radius 3 is 2.60 bits per heavy atom. The number of anilines is 2. The molecule has 1 atom stereocenters. The monoisotopic (exact) mass is 411 g/mol. The number of amides is 3. The van der Waals surface area contributed by atoms with Gasteiger partial charge in [-0.3, -0.25) is 19.3 Å². The van der Waals surface area contributed by atoms with Crippen LogP contribution in [0.2, 0.25) is 0 Å². The van der Waals surface area contributed by atoms with E-state index in [1.165, 1.54) is 16.9 Å². The Morgan fingerprint density at radius 1 is 1.17 bits per heavy atom. The summed E-state index contributed by atoms with van der Waals surface area (Å²) < 4.78 is 10.8. The van der Waals surface area contributed by atoms with Crippen molar-refractivity contribution < 1.29 is 23.9 Å². The van der Waals surface area contributed by atoms with Crippen LogP contribution in [0.5, 0.6) is 11.5 Å². The summed E-state index contributed by atoms with van der Waals surface area (Å²) in [5, 5.41) is 2.76. The minimum atomic E-state index is -0.684. The first-order valence-corrected chi connectivity index (χ1v) is 9.72. The van der Waals surface area contributed by atoms with Crippen LogP contribution in [-0.4, -0.2) is 55.5 Å². The van der Waals surface area contributed by atoms with Crippen molar-refractivity contribution in [3.8, 4) is 11.5 Å². The molecule has 0 radical (unpaired) electrons. The Kier molecular flexibility index (Phi) is 6.56. The van der Waals surface area contributed by atoms with E-state index in [-0.39, 0.29) is 30.8 Å². The van der Waals surface area contributed by atoms with Gasteiger partial charge in [0, 0.05) is 6.54 Å². The van der Waals surface area contributed by atoms with Gasteiger partial charge in [0.05, 0.1) is 25.0 Å². The molecule has 0 aromatic heterocycles. The lowest BCUT2D eigenvalue weighted by atomic mass is 10.2. The third kappa shape index (κ3) is 4.53. The van der Waals surface area contributed by atoms with Crippen molar-refractivity contribution in [2.45, 2.75) is 20.0 Å². The fraction of sp³-hybridized carbons (Fsp3) is 0.318. The van der Waals surface area contributed by atoms with Gasteiger partial charge in [-0.15, -0.1) is 0 Å². The van der Waals surface area contributed by atoms with Crippen LogP contribution in [0, 0.1) is 0 Å². The number of para-hydroxylation sites is 4. The van der Waals surface area contributed by atoms with Crippen molar-refractivity contribution in [1.29, 1.82) is 0 Å². The molecule has 1 N–H and O–H groups in total. The summed E-state index contributed by atoms with van der Waals surface area (Å²) in [5.74, 6) is 0.109. The number of nitrogens with one attached hydrogen (secondary N) is 1. The number of methoxy groups -OCH3 is 1. The van der Waals surface area contributed by atoms with Crippen molar-refractivity contribution in [2.24, 2.45) is 0 Å². The average molecular weight is 411 g/mol. The molecule has 8 heteroatoms. The highest BCUT2D eigenvalue weighted by atomic mass is 16.5. The third-order valence-electron chi connectivity index (χ3n) is 4.82. The van der Waals surface area contributed by atoms with E-state index in [4.69, 9.17) is 9.47 Å². The zero-order valence-corrected chi connectivity index (χ0v) is 17.3. The quantitative estimate of drug-likeness (QED) is 0.755. The number of rotatable bonds is 7. The second-order valence-corrected chi connectivity index (χ2v) is 6.81. The fourth-order valence-corrected chi connectivity index (χ4v) is 3.24. The van der Waals surface area contributed by atoms with Crippen LogP contribution < -0.4 is 19.7 Å². The van der Waals surface area contributed by atoms with Gasteiger partial charge in [-0.25, -0.2) is 0 Å². The number of benzene rings is 2. The molecular formula is C22H25N3O5. The average Bonchev–Trinajstić information content (AvgIpc) is 2.75. The van der Waals surface area contributed by atoms with Gasteiger partial charge in [0.2, 0.25) is 11.8 Å². The van der Waals surface area contributed by atoms with Gasteiger partial charge in [0.1, 0.15) is 18.0 Å². The zero-order valence-electron chi connectivity index (χ0n) is 17.3. The predicted molar refractivity (Wildman–Crippen MR) is 113 cm³/mol. The molecule has 0 aliphatic carbocycles. The summed E-state index contributed by atoms with van der Waals surface area (Å²) >= 11 is 0. The first-order valence-electron chi connectivity index (χ1n) is 9.72. The molecular weight excluding hydrogens is 386 g/mol. The second-order valence-electron chi connectivity index (χ2n) is 6.81. The molecule has 0 fully saturated rings. The predicted octanol–water partition coefficient (Wildman–Crippen LogP) is 2.30. The number of hydrogen-bond donors (Lipinski definition) is 1.